The number of nitrogens with zero attached hydrogens (tertiary/aromatic N) is 3. The van der Waals surface area contributed by atoms with Gasteiger partial charge < -0.3 is 9.67 Å². The van der Waals surface area contributed by atoms with Crippen molar-refractivity contribution in [1.82, 2.24) is 14.8 Å². The van der Waals surface area contributed by atoms with Crippen LogP contribution in [0.15, 0.2) is 30.6 Å². The molecule has 0 unspecified atom stereocenters. The zero-order valence-corrected chi connectivity index (χ0v) is 8.58. The summed E-state index contributed by atoms with van der Waals surface area (Å²) in [4.78, 5) is 10.4. The second-order valence-electron chi connectivity index (χ2n) is 3.27. The minimum absolute atomic E-state index is 0.526. The van der Waals surface area contributed by atoms with Crippen LogP contribution in [0.1, 0.15) is 0 Å². The number of amides is 1. The summed E-state index contributed by atoms with van der Waals surface area (Å²) in [5.74, 6) is 0.738. The molecule has 82 valence electrons. The maximum absolute atomic E-state index is 10.4. The number of rotatable bonds is 2. The van der Waals surface area contributed by atoms with Crippen molar-refractivity contribution in [2.45, 2.75) is 0 Å². The fourth-order valence-electron chi connectivity index (χ4n) is 1.37. The molecule has 2 rings (SSSR count). The number of benzene rings is 1. The van der Waals surface area contributed by atoms with E-state index in [9.17, 15) is 4.79 Å². The highest BCUT2D eigenvalue weighted by Gasteiger charge is 2.04. The number of carbonyl (C=O) groups is 1. The molecule has 0 fully saturated rings. The third-order valence-corrected chi connectivity index (χ3v) is 2.11. The Morgan fingerprint density at radius 1 is 1.38 bits per heavy atom. The van der Waals surface area contributed by atoms with E-state index < -0.39 is 6.09 Å². The van der Waals surface area contributed by atoms with Crippen molar-refractivity contribution >= 4 is 11.8 Å². The Hall–Kier alpha value is -2.37. The van der Waals surface area contributed by atoms with Gasteiger partial charge in [0, 0.05) is 18.3 Å². The quantitative estimate of drug-likeness (QED) is 0.801. The molecule has 6 heteroatoms. The molecular formula is C10H10N4O2. The van der Waals surface area contributed by atoms with E-state index in [1.54, 1.807) is 35.2 Å². The maximum atomic E-state index is 10.4. The van der Waals surface area contributed by atoms with Crippen LogP contribution >= 0.6 is 0 Å². The van der Waals surface area contributed by atoms with Crippen LogP contribution in [-0.2, 0) is 7.05 Å². The molecule has 16 heavy (non-hydrogen) atoms. The van der Waals surface area contributed by atoms with Crippen molar-refractivity contribution in [3.8, 4) is 11.4 Å². The molecule has 0 aliphatic carbocycles. The smallest absolute Gasteiger partial charge is 0.409 e. The second kappa shape index (κ2) is 4.01. The highest BCUT2D eigenvalue weighted by molar-refractivity contribution is 5.83. The molecule has 2 N–H and O–H groups in total. The van der Waals surface area contributed by atoms with Crippen molar-refractivity contribution in [2.75, 3.05) is 5.32 Å². The van der Waals surface area contributed by atoms with Crippen molar-refractivity contribution in [1.29, 1.82) is 0 Å². The topological polar surface area (TPSA) is 80.0 Å². The molecule has 6 nitrogen and oxygen atoms in total. The van der Waals surface area contributed by atoms with Crippen LogP contribution in [0.5, 0.6) is 0 Å². The van der Waals surface area contributed by atoms with Gasteiger partial charge in [-0.25, -0.2) is 4.79 Å². The zero-order valence-electron chi connectivity index (χ0n) is 8.58. The van der Waals surface area contributed by atoms with Crippen LogP contribution in [0.2, 0.25) is 0 Å². The van der Waals surface area contributed by atoms with Gasteiger partial charge in [0.25, 0.3) is 0 Å². The third kappa shape index (κ3) is 2.00. The van der Waals surface area contributed by atoms with Crippen LogP contribution in [0, 0.1) is 0 Å². The van der Waals surface area contributed by atoms with Gasteiger partial charge in [-0.05, 0) is 24.3 Å². The molecule has 0 atom stereocenters. The van der Waals surface area contributed by atoms with Gasteiger partial charge >= 0.3 is 6.09 Å². The highest BCUT2D eigenvalue weighted by Crippen LogP contribution is 2.18. The summed E-state index contributed by atoms with van der Waals surface area (Å²) in [6, 6.07) is 6.93. The number of aryl methyl sites for hydroxylation is 1. The van der Waals surface area contributed by atoms with E-state index in [1.165, 1.54) is 0 Å². The monoisotopic (exact) mass is 218 g/mol. The number of hydrogen-bond acceptors (Lipinski definition) is 3. The predicted molar refractivity (Wildman–Crippen MR) is 58.1 cm³/mol. The Labute approximate surface area is 91.6 Å². The molecule has 1 aromatic heterocycles. The van der Waals surface area contributed by atoms with Crippen LogP contribution < -0.4 is 5.32 Å². The van der Waals surface area contributed by atoms with Gasteiger partial charge in [0.05, 0.1) is 0 Å². The molecule has 1 amide bonds. The molecule has 0 spiro atoms. The molecular weight excluding hydrogens is 208 g/mol. The first-order valence-corrected chi connectivity index (χ1v) is 4.61. The molecule has 1 aromatic carbocycles. The Morgan fingerprint density at radius 3 is 2.56 bits per heavy atom. The van der Waals surface area contributed by atoms with E-state index in [1.807, 2.05) is 7.05 Å². The summed E-state index contributed by atoms with van der Waals surface area (Å²) >= 11 is 0. The fourth-order valence-corrected chi connectivity index (χ4v) is 1.37. The molecule has 1 heterocycles. The van der Waals surface area contributed by atoms with Crippen molar-refractivity contribution < 1.29 is 9.90 Å². The van der Waals surface area contributed by atoms with Crippen LogP contribution in [0.3, 0.4) is 0 Å². The summed E-state index contributed by atoms with van der Waals surface area (Å²) in [5, 5.41) is 18.5. The van der Waals surface area contributed by atoms with Gasteiger partial charge in [-0.2, -0.15) is 0 Å². The second-order valence-corrected chi connectivity index (χ2v) is 3.27. The minimum Gasteiger partial charge on any atom is -0.465 e. The van der Waals surface area contributed by atoms with Gasteiger partial charge in [-0.15, -0.1) is 10.2 Å². The van der Waals surface area contributed by atoms with E-state index in [2.05, 4.69) is 15.5 Å². The van der Waals surface area contributed by atoms with E-state index in [4.69, 9.17) is 5.11 Å². The molecule has 0 aliphatic rings. The normalized spacial score (nSPS) is 10.1. The Morgan fingerprint density at radius 2 is 2.06 bits per heavy atom. The number of hydrogen-bond donors (Lipinski definition) is 2. The average molecular weight is 218 g/mol. The summed E-state index contributed by atoms with van der Waals surface area (Å²) < 4.78 is 1.79. The van der Waals surface area contributed by atoms with Gasteiger partial charge in [0.1, 0.15) is 6.33 Å². The third-order valence-electron chi connectivity index (χ3n) is 2.11. The van der Waals surface area contributed by atoms with E-state index in [-0.39, 0.29) is 0 Å². The SMILES string of the molecule is Cn1cnnc1-c1ccc(NC(=O)O)cc1. The van der Waals surface area contributed by atoms with E-state index in [0.29, 0.717) is 5.69 Å². The lowest BCUT2D eigenvalue weighted by molar-refractivity contribution is 0.210. The highest BCUT2D eigenvalue weighted by atomic mass is 16.4. The van der Waals surface area contributed by atoms with Crippen molar-refractivity contribution in [3.05, 3.63) is 30.6 Å². The van der Waals surface area contributed by atoms with Gasteiger partial charge in [0.2, 0.25) is 0 Å². The lowest BCUT2D eigenvalue weighted by atomic mass is 10.2. The van der Waals surface area contributed by atoms with E-state index >= 15 is 0 Å². The summed E-state index contributed by atoms with van der Waals surface area (Å²) in [6.45, 7) is 0. The fraction of sp³-hybridized carbons (Fsp3) is 0.100. The Balaban J connectivity index is 2.26. The number of aromatic nitrogens is 3. The Bertz CT molecular complexity index is 504. The minimum atomic E-state index is -1.08. The largest absolute Gasteiger partial charge is 0.465 e. The van der Waals surface area contributed by atoms with Crippen LogP contribution in [0.4, 0.5) is 10.5 Å². The average Bonchev–Trinajstić information content (AvgIpc) is 2.65. The molecule has 2 aromatic rings. The first-order chi connectivity index (χ1) is 7.66. The lowest BCUT2D eigenvalue weighted by Crippen LogP contribution is -2.06. The number of carboxylic acid groups (broad SMARTS) is 1. The summed E-state index contributed by atoms with van der Waals surface area (Å²) in [6.07, 6.45) is 0.532. The van der Waals surface area contributed by atoms with Gasteiger partial charge in [-0.1, -0.05) is 0 Å². The molecule has 0 radical (unpaired) electrons. The van der Waals surface area contributed by atoms with Crippen molar-refractivity contribution in [3.63, 3.8) is 0 Å². The predicted octanol–water partition coefficient (Wildman–Crippen LogP) is 1.57. The molecule has 0 aliphatic heterocycles. The van der Waals surface area contributed by atoms with Gasteiger partial charge in [-0.3, -0.25) is 5.32 Å². The number of nitrogens with one attached hydrogen (secondary N) is 1. The first kappa shape index (κ1) is 10.2. The summed E-state index contributed by atoms with van der Waals surface area (Å²) in [7, 11) is 1.85. The Kier molecular flexibility index (Phi) is 2.55. The maximum Gasteiger partial charge on any atom is 0.409 e. The zero-order chi connectivity index (χ0) is 11.5. The molecule has 0 saturated heterocycles. The standard InChI is InChI=1S/C10H10N4O2/c1-14-6-11-13-9(14)7-2-4-8(5-3-7)12-10(15)16/h2-6,12H,1H3,(H,15,16). The summed E-state index contributed by atoms with van der Waals surface area (Å²) in [5.41, 5.74) is 1.41. The van der Waals surface area contributed by atoms with Crippen LogP contribution in [-0.4, -0.2) is 26.0 Å². The number of anilines is 1. The lowest BCUT2D eigenvalue weighted by Gasteiger charge is -2.03. The first-order valence-electron chi connectivity index (χ1n) is 4.61. The molecule has 0 saturated carbocycles. The van der Waals surface area contributed by atoms with Gasteiger partial charge in [0.15, 0.2) is 5.82 Å². The van der Waals surface area contributed by atoms with E-state index in [0.717, 1.165) is 11.4 Å². The molecule has 0 bridgehead atoms. The van der Waals surface area contributed by atoms with Crippen LogP contribution in [0.25, 0.3) is 11.4 Å². The van der Waals surface area contributed by atoms with Crippen molar-refractivity contribution in [2.24, 2.45) is 7.05 Å².